The van der Waals surface area contributed by atoms with Crippen molar-refractivity contribution in [2.75, 3.05) is 26.0 Å². The number of pyridine rings is 1. The van der Waals surface area contributed by atoms with Crippen LogP contribution in [0, 0.1) is 0 Å². The Balaban J connectivity index is 2.80. The Hall–Kier alpha value is -1.23. The molecule has 21 heavy (non-hydrogen) atoms. The standard InChI is InChI=1S/C11H17BrN4O4S/c1-7(11(17)14-3-4-20-2)16-21(18,19)9-5-8(12)6-15-10(9)13/h5-7,16H,3-4H2,1-2H3,(H2,13,15)(H,14,17). The van der Waals surface area contributed by atoms with Crippen LogP contribution in [-0.2, 0) is 19.6 Å². The van der Waals surface area contributed by atoms with Gasteiger partial charge in [-0.1, -0.05) is 0 Å². The zero-order valence-electron chi connectivity index (χ0n) is 11.6. The number of nitrogen functional groups attached to an aromatic ring is 1. The van der Waals surface area contributed by atoms with Crippen molar-refractivity contribution in [1.29, 1.82) is 0 Å². The van der Waals surface area contributed by atoms with Crippen LogP contribution in [0.25, 0.3) is 0 Å². The van der Waals surface area contributed by atoms with Crippen LogP contribution < -0.4 is 15.8 Å². The highest BCUT2D eigenvalue weighted by molar-refractivity contribution is 9.10. The van der Waals surface area contributed by atoms with Gasteiger partial charge in [-0.05, 0) is 28.9 Å². The van der Waals surface area contributed by atoms with Gasteiger partial charge in [0.2, 0.25) is 15.9 Å². The Morgan fingerprint density at radius 3 is 2.86 bits per heavy atom. The zero-order chi connectivity index (χ0) is 16.0. The fourth-order valence-corrected chi connectivity index (χ4v) is 3.22. The van der Waals surface area contributed by atoms with Gasteiger partial charge < -0.3 is 15.8 Å². The van der Waals surface area contributed by atoms with Crippen molar-refractivity contribution in [2.24, 2.45) is 0 Å². The number of ether oxygens (including phenoxy) is 1. The Kier molecular flexibility index (Phi) is 6.52. The smallest absolute Gasteiger partial charge is 0.244 e. The summed E-state index contributed by atoms with van der Waals surface area (Å²) in [5.74, 6) is -0.602. The van der Waals surface area contributed by atoms with Crippen LogP contribution >= 0.6 is 15.9 Å². The topological polar surface area (TPSA) is 123 Å². The van der Waals surface area contributed by atoms with Crippen molar-refractivity contribution in [3.63, 3.8) is 0 Å². The summed E-state index contributed by atoms with van der Waals surface area (Å²) in [6.45, 7) is 2.07. The van der Waals surface area contributed by atoms with E-state index in [0.717, 1.165) is 0 Å². The lowest BCUT2D eigenvalue weighted by atomic mass is 10.3. The second-order valence-electron chi connectivity index (χ2n) is 4.16. The first-order chi connectivity index (χ1) is 9.77. The fraction of sp³-hybridized carbons (Fsp3) is 0.455. The second kappa shape index (κ2) is 7.69. The van der Waals surface area contributed by atoms with E-state index in [0.29, 0.717) is 17.6 Å². The van der Waals surface area contributed by atoms with E-state index in [2.05, 4.69) is 31.0 Å². The Bertz CT molecular complexity index is 608. The number of aromatic nitrogens is 1. The first-order valence-electron chi connectivity index (χ1n) is 5.98. The molecule has 0 bridgehead atoms. The summed E-state index contributed by atoms with van der Waals surface area (Å²) >= 11 is 3.12. The third-order valence-corrected chi connectivity index (χ3v) is 4.47. The van der Waals surface area contributed by atoms with Crippen molar-refractivity contribution in [3.05, 3.63) is 16.7 Å². The first kappa shape index (κ1) is 17.8. The van der Waals surface area contributed by atoms with E-state index in [-0.39, 0.29) is 10.7 Å². The number of anilines is 1. The van der Waals surface area contributed by atoms with E-state index in [1.165, 1.54) is 26.3 Å². The van der Waals surface area contributed by atoms with E-state index in [1.54, 1.807) is 0 Å². The molecule has 1 atom stereocenters. The molecular weight excluding hydrogens is 364 g/mol. The molecule has 1 aromatic heterocycles. The molecule has 1 rings (SSSR count). The minimum atomic E-state index is -3.95. The van der Waals surface area contributed by atoms with Gasteiger partial charge in [-0.25, -0.2) is 13.4 Å². The average molecular weight is 381 g/mol. The van der Waals surface area contributed by atoms with Crippen LogP contribution in [0.1, 0.15) is 6.92 Å². The number of rotatable bonds is 7. The molecule has 118 valence electrons. The summed E-state index contributed by atoms with van der Waals surface area (Å²) in [6.07, 6.45) is 1.38. The molecule has 10 heteroatoms. The highest BCUT2D eigenvalue weighted by Gasteiger charge is 2.24. The van der Waals surface area contributed by atoms with Crippen LogP contribution in [0.2, 0.25) is 0 Å². The number of amides is 1. The van der Waals surface area contributed by atoms with Gasteiger partial charge >= 0.3 is 0 Å². The lowest BCUT2D eigenvalue weighted by molar-refractivity contribution is -0.122. The summed E-state index contributed by atoms with van der Waals surface area (Å²) in [7, 11) is -2.45. The lowest BCUT2D eigenvalue weighted by Crippen LogP contribution is -2.45. The van der Waals surface area contributed by atoms with Crippen molar-refractivity contribution < 1.29 is 17.9 Å². The monoisotopic (exact) mass is 380 g/mol. The molecule has 0 radical (unpaired) electrons. The summed E-state index contributed by atoms with van der Waals surface area (Å²) in [6, 6.07) is 0.366. The normalized spacial score (nSPS) is 12.9. The minimum absolute atomic E-state index is 0.141. The van der Waals surface area contributed by atoms with Crippen LogP contribution in [-0.4, -0.2) is 45.6 Å². The molecule has 0 saturated carbocycles. The summed E-state index contributed by atoms with van der Waals surface area (Å²) in [4.78, 5) is 15.3. The molecule has 0 saturated heterocycles. The van der Waals surface area contributed by atoms with Crippen molar-refractivity contribution in [1.82, 2.24) is 15.0 Å². The van der Waals surface area contributed by atoms with Gasteiger partial charge in [0.1, 0.15) is 10.7 Å². The molecule has 0 aliphatic rings. The Labute approximate surface area is 131 Å². The molecular formula is C11H17BrN4O4S. The van der Waals surface area contributed by atoms with Crippen LogP contribution in [0.15, 0.2) is 21.6 Å². The number of nitrogens with one attached hydrogen (secondary N) is 2. The fourth-order valence-electron chi connectivity index (χ4n) is 1.43. The predicted molar refractivity (Wildman–Crippen MR) is 81.0 cm³/mol. The lowest BCUT2D eigenvalue weighted by Gasteiger charge is -2.15. The second-order valence-corrected chi connectivity index (χ2v) is 6.76. The molecule has 1 aromatic rings. The molecule has 1 amide bonds. The van der Waals surface area contributed by atoms with Gasteiger partial charge in [0, 0.05) is 24.3 Å². The van der Waals surface area contributed by atoms with E-state index in [9.17, 15) is 13.2 Å². The highest BCUT2D eigenvalue weighted by atomic mass is 79.9. The number of hydrogen-bond donors (Lipinski definition) is 3. The Morgan fingerprint density at radius 1 is 1.57 bits per heavy atom. The quantitative estimate of drug-likeness (QED) is 0.565. The zero-order valence-corrected chi connectivity index (χ0v) is 14.0. The Morgan fingerprint density at radius 2 is 2.24 bits per heavy atom. The largest absolute Gasteiger partial charge is 0.383 e. The molecule has 8 nitrogen and oxygen atoms in total. The maximum absolute atomic E-state index is 12.2. The number of hydrogen-bond acceptors (Lipinski definition) is 6. The summed E-state index contributed by atoms with van der Waals surface area (Å²) < 4.78 is 31.9. The van der Waals surface area contributed by atoms with Gasteiger partial charge in [-0.3, -0.25) is 4.79 Å². The molecule has 0 aromatic carbocycles. The summed E-state index contributed by atoms with van der Waals surface area (Å²) in [5, 5.41) is 2.54. The number of methoxy groups -OCH3 is 1. The van der Waals surface area contributed by atoms with E-state index in [4.69, 9.17) is 10.5 Å². The van der Waals surface area contributed by atoms with E-state index >= 15 is 0 Å². The van der Waals surface area contributed by atoms with Crippen LogP contribution in [0.5, 0.6) is 0 Å². The maximum Gasteiger partial charge on any atom is 0.244 e. The molecule has 0 spiro atoms. The molecule has 1 heterocycles. The number of nitrogens with two attached hydrogens (primary N) is 1. The highest BCUT2D eigenvalue weighted by Crippen LogP contribution is 2.20. The van der Waals surface area contributed by atoms with Gasteiger partial charge in [0.05, 0.1) is 12.6 Å². The molecule has 1 unspecified atom stereocenters. The van der Waals surface area contributed by atoms with Crippen LogP contribution in [0.3, 0.4) is 0 Å². The van der Waals surface area contributed by atoms with Gasteiger partial charge in [0.25, 0.3) is 0 Å². The number of nitrogens with zero attached hydrogens (tertiary/aromatic N) is 1. The number of sulfonamides is 1. The average Bonchev–Trinajstić information content (AvgIpc) is 2.41. The minimum Gasteiger partial charge on any atom is -0.383 e. The number of carbonyl (C=O) groups is 1. The van der Waals surface area contributed by atoms with Gasteiger partial charge in [0.15, 0.2) is 0 Å². The number of halogens is 1. The third kappa shape index (κ3) is 5.23. The molecule has 4 N–H and O–H groups in total. The van der Waals surface area contributed by atoms with E-state index in [1.807, 2.05) is 0 Å². The predicted octanol–water partition coefficient (Wildman–Crippen LogP) is -0.144. The van der Waals surface area contributed by atoms with Crippen molar-refractivity contribution in [2.45, 2.75) is 17.9 Å². The van der Waals surface area contributed by atoms with Crippen molar-refractivity contribution in [3.8, 4) is 0 Å². The molecule has 0 aliphatic carbocycles. The first-order valence-corrected chi connectivity index (χ1v) is 8.25. The SMILES string of the molecule is COCCNC(=O)C(C)NS(=O)(=O)c1cc(Br)cnc1N. The van der Waals surface area contributed by atoms with Gasteiger partial charge in [-0.2, -0.15) is 4.72 Å². The molecule has 0 fully saturated rings. The third-order valence-electron chi connectivity index (χ3n) is 2.47. The maximum atomic E-state index is 12.2. The van der Waals surface area contributed by atoms with E-state index < -0.39 is 22.0 Å². The van der Waals surface area contributed by atoms with Crippen LogP contribution in [0.4, 0.5) is 5.82 Å². The molecule has 0 aliphatic heterocycles. The summed E-state index contributed by atoms with van der Waals surface area (Å²) in [5.41, 5.74) is 5.56. The van der Waals surface area contributed by atoms with Crippen molar-refractivity contribution >= 4 is 37.7 Å². The van der Waals surface area contributed by atoms with Gasteiger partial charge in [-0.15, -0.1) is 0 Å². The number of carbonyl (C=O) groups excluding carboxylic acids is 1.